The summed E-state index contributed by atoms with van der Waals surface area (Å²) in [5.74, 6) is 2.13. The second-order valence-corrected chi connectivity index (χ2v) is 8.56. The van der Waals surface area contributed by atoms with Gasteiger partial charge in [0, 0.05) is 30.0 Å². The van der Waals surface area contributed by atoms with Crippen molar-refractivity contribution < 1.29 is 19.3 Å². The highest BCUT2D eigenvalue weighted by Crippen LogP contribution is 2.28. The summed E-state index contributed by atoms with van der Waals surface area (Å²) in [6.07, 6.45) is 4.81. The number of halogens is 1. The fraction of sp³-hybridized carbons (Fsp3) is 0.375. The number of methoxy groups -OCH3 is 1. The van der Waals surface area contributed by atoms with Gasteiger partial charge in [-0.1, -0.05) is 28.1 Å². The predicted octanol–water partition coefficient (Wildman–Crippen LogP) is 3.91. The zero-order chi connectivity index (χ0) is 22.9. The van der Waals surface area contributed by atoms with Gasteiger partial charge in [0.25, 0.3) is 0 Å². The molecule has 0 saturated heterocycles. The van der Waals surface area contributed by atoms with Gasteiger partial charge < -0.3 is 23.9 Å². The largest absolute Gasteiger partial charge is 0.493 e. The fourth-order valence-corrected chi connectivity index (χ4v) is 3.61. The highest BCUT2D eigenvalue weighted by atomic mass is 79.9. The second-order valence-electron chi connectivity index (χ2n) is 7.71. The standard InChI is InChI=1S/C24H30BrN3O4/c1-18-4-6-21(13-22(18)25)32-16-20(29)15-27(2)14-19-5-7-23(24(12-19)30-3)31-11-10-28-9-8-26-17-28/h4-9,12-13,17,20,29H,10-11,14-16H2,1-3H3. The van der Waals surface area contributed by atoms with E-state index in [0.717, 1.165) is 21.3 Å². The summed E-state index contributed by atoms with van der Waals surface area (Å²) in [7, 11) is 3.60. The molecule has 32 heavy (non-hydrogen) atoms. The van der Waals surface area contributed by atoms with Crippen molar-refractivity contribution in [2.24, 2.45) is 0 Å². The van der Waals surface area contributed by atoms with Gasteiger partial charge in [0.15, 0.2) is 11.5 Å². The Morgan fingerprint density at radius 2 is 2.00 bits per heavy atom. The summed E-state index contributed by atoms with van der Waals surface area (Å²) in [5.41, 5.74) is 2.21. The highest BCUT2D eigenvalue weighted by molar-refractivity contribution is 9.10. The number of benzene rings is 2. The maximum absolute atomic E-state index is 10.4. The molecule has 172 valence electrons. The Morgan fingerprint density at radius 3 is 2.72 bits per heavy atom. The minimum atomic E-state index is -0.604. The molecule has 3 rings (SSSR count). The Balaban J connectivity index is 1.46. The first kappa shape index (κ1) is 24.1. The fourth-order valence-electron chi connectivity index (χ4n) is 3.25. The van der Waals surface area contributed by atoms with Crippen LogP contribution in [0.25, 0.3) is 0 Å². The van der Waals surface area contributed by atoms with Crippen molar-refractivity contribution in [3.63, 3.8) is 0 Å². The van der Waals surface area contributed by atoms with Crippen LogP contribution in [0.5, 0.6) is 17.2 Å². The van der Waals surface area contributed by atoms with Crippen molar-refractivity contribution in [3.8, 4) is 17.2 Å². The second kappa shape index (κ2) is 11.9. The lowest BCUT2D eigenvalue weighted by Crippen LogP contribution is -2.32. The lowest BCUT2D eigenvalue weighted by molar-refractivity contribution is 0.0743. The molecule has 1 heterocycles. The van der Waals surface area contributed by atoms with Crippen LogP contribution in [0.1, 0.15) is 11.1 Å². The molecule has 1 N–H and O–H groups in total. The number of hydrogen-bond acceptors (Lipinski definition) is 6. The molecule has 0 bridgehead atoms. The van der Waals surface area contributed by atoms with Crippen molar-refractivity contribution in [1.82, 2.24) is 14.5 Å². The topological polar surface area (TPSA) is 69.0 Å². The number of aliphatic hydroxyl groups is 1. The third kappa shape index (κ3) is 7.25. The quantitative estimate of drug-likeness (QED) is 0.404. The molecule has 0 radical (unpaired) electrons. The Kier molecular flexibility index (Phi) is 8.96. The van der Waals surface area contributed by atoms with Gasteiger partial charge in [-0.3, -0.25) is 4.90 Å². The molecule has 0 saturated carbocycles. The monoisotopic (exact) mass is 503 g/mol. The Hall–Kier alpha value is -2.55. The Morgan fingerprint density at radius 1 is 1.16 bits per heavy atom. The molecule has 0 amide bonds. The van der Waals surface area contributed by atoms with Crippen LogP contribution in [0.2, 0.25) is 0 Å². The average Bonchev–Trinajstić information content (AvgIpc) is 3.29. The van der Waals surface area contributed by atoms with Crippen LogP contribution < -0.4 is 14.2 Å². The molecule has 0 aliphatic rings. The van der Waals surface area contributed by atoms with E-state index >= 15 is 0 Å². The SMILES string of the molecule is COc1cc(CN(C)CC(O)COc2ccc(C)c(Br)c2)ccc1OCCn1ccnc1. The third-order valence-corrected chi connectivity index (χ3v) is 5.81. The van der Waals surface area contributed by atoms with Gasteiger partial charge in [-0.15, -0.1) is 0 Å². The number of rotatable bonds is 12. The maximum Gasteiger partial charge on any atom is 0.161 e. The van der Waals surface area contributed by atoms with E-state index in [2.05, 4.69) is 20.9 Å². The summed E-state index contributed by atoms with van der Waals surface area (Å²) in [6.45, 7) is 4.64. The van der Waals surface area contributed by atoms with E-state index in [-0.39, 0.29) is 6.61 Å². The van der Waals surface area contributed by atoms with E-state index in [1.54, 1.807) is 19.6 Å². The molecule has 0 fully saturated rings. The minimum absolute atomic E-state index is 0.229. The smallest absolute Gasteiger partial charge is 0.161 e. The van der Waals surface area contributed by atoms with Crippen molar-refractivity contribution in [3.05, 3.63) is 70.7 Å². The van der Waals surface area contributed by atoms with E-state index in [0.29, 0.717) is 37.7 Å². The van der Waals surface area contributed by atoms with Crippen molar-refractivity contribution in [2.75, 3.05) is 33.9 Å². The summed E-state index contributed by atoms with van der Waals surface area (Å²) in [6, 6.07) is 11.7. The van der Waals surface area contributed by atoms with E-state index in [1.807, 2.05) is 66.0 Å². The molecule has 0 aliphatic carbocycles. The third-order valence-electron chi connectivity index (χ3n) is 4.95. The summed E-state index contributed by atoms with van der Waals surface area (Å²) < 4.78 is 20.0. The first-order chi connectivity index (χ1) is 15.4. The lowest BCUT2D eigenvalue weighted by atomic mass is 10.2. The molecule has 2 aromatic carbocycles. The first-order valence-electron chi connectivity index (χ1n) is 10.5. The average molecular weight is 504 g/mol. The highest BCUT2D eigenvalue weighted by Gasteiger charge is 2.12. The Labute approximate surface area is 197 Å². The van der Waals surface area contributed by atoms with E-state index in [9.17, 15) is 5.11 Å². The first-order valence-corrected chi connectivity index (χ1v) is 11.2. The lowest BCUT2D eigenvalue weighted by Gasteiger charge is -2.21. The van der Waals surface area contributed by atoms with Crippen LogP contribution in [-0.2, 0) is 13.1 Å². The molecule has 0 spiro atoms. The molecule has 1 atom stereocenters. The van der Waals surface area contributed by atoms with Gasteiger partial charge in [-0.05, 0) is 49.4 Å². The van der Waals surface area contributed by atoms with E-state index < -0.39 is 6.10 Å². The Bertz CT molecular complexity index is 981. The van der Waals surface area contributed by atoms with Crippen LogP contribution in [0.4, 0.5) is 0 Å². The number of ether oxygens (including phenoxy) is 3. The molecular weight excluding hydrogens is 474 g/mol. The molecule has 7 nitrogen and oxygen atoms in total. The van der Waals surface area contributed by atoms with Crippen molar-refractivity contribution in [2.45, 2.75) is 26.1 Å². The van der Waals surface area contributed by atoms with Gasteiger partial charge in [0.05, 0.1) is 20.0 Å². The van der Waals surface area contributed by atoms with Crippen LogP contribution in [0, 0.1) is 6.92 Å². The minimum Gasteiger partial charge on any atom is -0.493 e. The van der Waals surface area contributed by atoms with Crippen LogP contribution in [-0.4, -0.2) is 59.6 Å². The van der Waals surface area contributed by atoms with Crippen LogP contribution in [0.15, 0.2) is 59.6 Å². The number of aliphatic hydroxyl groups excluding tert-OH is 1. The van der Waals surface area contributed by atoms with Gasteiger partial charge in [-0.25, -0.2) is 4.98 Å². The number of aromatic nitrogens is 2. The normalized spacial score (nSPS) is 12.1. The van der Waals surface area contributed by atoms with Gasteiger partial charge in [0.2, 0.25) is 0 Å². The molecule has 8 heteroatoms. The number of hydrogen-bond donors (Lipinski definition) is 1. The number of likely N-dealkylation sites (N-methyl/N-ethyl adjacent to an activating group) is 1. The number of imidazole rings is 1. The van der Waals surface area contributed by atoms with E-state index in [4.69, 9.17) is 14.2 Å². The van der Waals surface area contributed by atoms with Crippen LogP contribution >= 0.6 is 15.9 Å². The zero-order valence-electron chi connectivity index (χ0n) is 18.7. The van der Waals surface area contributed by atoms with Gasteiger partial charge >= 0.3 is 0 Å². The number of nitrogens with zero attached hydrogens (tertiary/aromatic N) is 3. The molecule has 1 aromatic heterocycles. The van der Waals surface area contributed by atoms with Crippen LogP contribution in [0.3, 0.4) is 0 Å². The van der Waals surface area contributed by atoms with Gasteiger partial charge in [0.1, 0.15) is 25.1 Å². The number of aryl methyl sites for hydroxylation is 1. The van der Waals surface area contributed by atoms with Gasteiger partial charge in [-0.2, -0.15) is 0 Å². The summed E-state index contributed by atoms with van der Waals surface area (Å²) in [4.78, 5) is 6.07. The molecule has 1 unspecified atom stereocenters. The molecular formula is C24H30BrN3O4. The summed E-state index contributed by atoms with van der Waals surface area (Å²) in [5, 5.41) is 10.4. The zero-order valence-corrected chi connectivity index (χ0v) is 20.3. The molecule has 0 aliphatic heterocycles. The van der Waals surface area contributed by atoms with Crippen molar-refractivity contribution >= 4 is 15.9 Å². The maximum atomic E-state index is 10.4. The van der Waals surface area contributed by atoms with E-state index in [1.165, 1.54) is 0 Å². The predicted molar refractivity (Wildman–Crippen MR) is 127 cm³/mol. The molecule has 3 aromatic rings. The summed E-state index contributed by atoms with van der Waals surface area (Å²) >= 11 is 3.50. The van der Waals surface area contributed by atoms with Crippen molar-refractivity contribution in [1.29, 1.82) is 0 Å².